The number of pyridine rings is 1. The van der Waals surface area contributed by atoms with Gasteiger partial charge in [0.1, 0.15) is 6.54 Å². The van der Waals surface area contributed by atoms with E-state index in [9.17, 15) is 4.79 Å². The van der Waals surface area contributed by atoms with E-state index in [1.807, 2.05) is 34.0 Å². The van der Waals surface area contributed by atoms with Crippen molar-refractivity contribution in [2.45, 2.75) is 19.4 Å². The minimum absolute atomic E-state index is 0.173. The smallest absolute Gasteiger partial charge is 0.242 e. The summed E-state index contributed by atoms with van der Waals surface area (Å²) in [6.45, 7) is 2.07. The van der Waals surface area contributed by atoms with Crippen molar-refractivity contribution in [3.05, 3.63) is 48.8 Å². The molecule has 3 rings (SSSR count). The van der Waals surface area contributed by atoms with E-state index in [-0.39, 0.29) is 5.91 Å². The van der Waals surface area contributed by atoms with Crippen LogP contribution >= 0.6 is 0 Å². The molecule has 1 saturated heterocycles. The zero-order valence-corrected chi connectivity index (χ0v) is 11.4. The third kappa shape index (κ3) is 3.04. The van der Waals surface area contributed by atoms with Crippen molar-refractivity contribution in [3.63, 3.8) is 0 Å². The van der Waals surface area contributed by atoms with Crippen LogP contribution in [0.1, 0.15) is 12.1 Å². The number of amides is 1. The van der Waals surface area contributed by atoms with Gasteiger partial charge in [-0.25, -0.2) is 4.98 Å². The molecular formula is C15H18N4O. The first-order chi connectivity index (χ1) is 9.81. The van der Waals surface area contributed by atoms with E-state index in [1.54, 1.807) is 12.5 Å². The highest BCUT2D eigenvalue weighted by Gasteiger charge is 2.26. The predicted molar refractivity (Wildman–Crippen MR) is 74.9 cm³/mol. The van der Waals surface area contributed by atoms with Crippen LogP contribution in [0.25, 0.3) is 0 Å². The molecule has 3 heterocycles. The Morgan fingerprint density at radius 2 is 2.30 bits per heavy atom. The van der Waals surface area contributed by atoms with E-state index in [1.165, 1.54) is 0 Å². The third-order valence-electron chi connectivity index (χ3n) is 3.74. The van der Waals surface area contributed by atoms with Crippen LogP contribution < -0.4 is 0 Å². The molecule has 1 atom stereocenters. The molecule has 0 spiro atoms. The fourth-order valence-electron chi connectivity index (χ4n) is 2.68. The first-order valence-electron chi connectivity index (χ1n) is 6.94. The van der Waals surface area contributed by atoms with Crippen LogP contribution in [0.2, 0.25) is 0 Å². The van der Waals surface area contributed by atoms with E-state index in [0.29, 0.717) is 12.5 Å². The Bertz CT molecular complexity index is 553. The van der Waals surface area contributed by atoms with Gasteiger partial charge in [0.2, 0.25) is 5.91 Å². The van der Waals surface area contributed by atoms with Gasteiger partial charge >= 0.3 is 0 Å². The summed E-state index contributed by atoms with van der Waals surface area (Å²) in [4.78, 5) is 22.4. The molecule has 1 amide bonds. The van der Waals surface area contributed by atoms with Gasteiger partial charge in [-0.05, 0) is 30.9 Å². The summed E-state index contributed by atoms with van der Waals surface area (Å²) < 4.78 is 1.81. The molecule has 0 aliphatic carbocycles. The second kappa shape index (κ2) is 5.86. The number of nitrogens with zero attached hydrogens (tertiary/aromatic N) is 4. The van der Waals surface area contributed by atoms with E-state index in [0.717, 1.165) is 31.6 Å². The van der Waals surface area contributed by atoms with Gasteiger partial charge in [0.15, 0.2) is 0 Å². The summed E-state index contributed by atoms with van der Waals surface area (Å²) in [6.07, 6.45) is 9.04. The van der Waals surface area contributed by atoms with E-state index >= 15 is 0 Å². The molecule has 5 heteroatoms. The molecule has 5 nitrogen and oxygen atoms in total. The van der Waals surface area contributed by atoms with Crippen LogP contribution in [0.4, 0.5) is 0 Å². The summed E-state index contributed by atoms with van der Waals surface area (Å²) >= 11 is 0. The fourth-order valence-corrected chi connectivity index (χ4v) is 2.68. The fraction of sp³-hybridized carbons (Fsp3) is 0.400. The van der Waals surface area contributed by atoms with E-state index in [2.05, 4.69) is 16.0 Å². The summed E-state index contributed by atoms with van der Waals surface area (Å²) in [5.41, 5.74) is 1.11. The molecule has 0 bridgehead atoms. The summed E-state index contributed by atoms with van der Waals surface area (Å²) in [7, 11) is 0. The molecule has 104 valence electrons. The second-order valence-electron chi connectivity index (χ2n) is 5.25. The monoisotopic (exact) mass is 270 g/mol. The molecule has 2 aromatic rings. The number of aromatic nitrogens is 3. The van der Waals surface area contributed by atoms with Crippen LogP contribution in [0.5, 0.6) is 0 Å². The molecule has 20 heavy (non-hydrogen) atoms. The van der Waals surface area contributed by atoms with Gasteiger partial charge in [-0.2, -0.15) is 0 Å². The van der Waals surface area contributed by atoms with Crippen molar-refractivity contribution < 1.29 is 4.79 Å². The molecule has 0 N–H and O–H groups in total. The highest BCUT2D eigenvalue weighted by molar-refractivity contribution is 5.76. The summed E-state index contributed by atoms with van der Waals surface area (Å²) in [6, 6.07) is 5.99. The quantitative estimate of drug-likeness (QED) is 0.843. The SMILES string of the molecule is O=C(Cn1ccnc1)N1CCC(Cc2ccccn2)C1. The van der Waals surface area contributed by atoms with Crippen molar-refractivity contribution >= 4 is 5.91 Å². The topological polar surface area (TPSA) is 51.0 Å². The van der Waals surface area contributed by atoms with Crippen LogP contribution in [0.15, 0.2) is 43.1 Å². The first-order valence-corrected chi connectivity index (χ1v) is 6.94. The number of carbonyl (C=O) groups is 1. The highest BCUT2D eigenvalue weighted by atomic mass is 16.2. The maximum absolute atomic E-state index is 12.2. The van der Waals surface area contributed by atoms with Crippen LogP contribution in [-0.2, 0) is 17.8 Å². The minimum atomic E-state index is 0.173. The number of carbonyl (C=O) groups excluding carboxylic acids is 1. The van der Waals surface area contributed by atoms with Crippen LogP contribution in [0, 0.1) is 5.92 Å². The minimum Gasteiger partial charge on any atom is -0.341 e. The van der Waals surface area contributed by atoms with Gasteiger partial charge in [0.05, 0.1) is 6.33 Å². The van der Waals surface area contributed by atoms with Crippen molar-refractivity contribution in [2.75, 3.05) is 13.1 Å². The zero-order valence-electron chi connectivity index (χ0n) is 11.4. The number of imidazole rings is 1. The number of hydrogen-bond acceptors (Lipinski definition) is 3. The lowest BCUT2D eigenvalue weighted by Crippen LogP contribution is -2.31. The number of hydrogen-bond donors (Lipinski definition) is 0. The standard InChI is InChI=1S/C15H18N4O/c20-15(11-18-8-6-16-12-18)19-7-4-13(10-19)9-14-3-1-2-5-17-14/h1-3,5-6,8,12-13H,4,7,9-11H2. The normalized spacial score (nSPS) is 18.4. The molecule has 0 saturated carbocycles. The second-order valence-corrected chi connectivity index (χ2v) is 5.25. The highest BCUT2D eigenvalue weighted by Crippen LogP contribution is 2.20. The molecule has 0 aromatic carbocycles. The largest absolute Gasteiger partial charge is 0.341 e. The van der Waals surface area contributed by atoms with Crippen LogP contribution in [-0.4, -0.2) is 38.4 Å². The van der Waals surface area contributed by atoms with Gasteiger partial charge in [-0.1, -0.05) is 6.07 Å². The van der Waals surface area contributed by atoms with Crippen LogP contribution in [0.3, 0.4) is 0 Å². The van der Waals surface area contributed by atoms with Crippen molar-refractivity contribution in [3.8, 4) is 0 Å². The maximum atomic E-state index is 12.2. The van der Waals surface area contributed by atoms with Gasteiger partial charge in [-0.15, -0.1) is 0 Å². The lowest BCUT2D eigenvalue weighted by molar-refractivity contribution is -0.130. The van der Waals surface area contributed by atoms with Gasteiger partial charge < -0.3 is 9.47 Å². The Morgan fingerprint density at radius 3 is 3.05 bits per heavy atom. The van der Waals surface area contributed by atoms with Gasteiger partial charge in [0.25, 0.3) is 0 Å². The predicted octanol–water partition coefficient (Wildman–Crippen LogP) is 1.37. The lowest BCUT2D eigenvalue weighted by atomic mass is 10.0. The van der Waals surface area contributed by atoms with Gasteiger partial charge in [-0.3, -0.25) is 9.78 Å². The van der Waals surface area contributed by atoms with Crippen molar-refractivity contribution in [2.24, 2.45) is 5.92 Å². The zero-order chi connectivity index (χ0) is 13.8. The number of likely N-dealkylation sites (tertiary alicyclic amines) is 1. The average Bonchev–Trinajstić information content (AvgIpc) is 3.11. The molecular weight excluding hydrogens is 252 g/mol. The average molecular weight is 270 g/mol. The first kappa shape index (κ1) is 12.8. The Hall–Kier alpha value is -2.17. The van der Waals surface area contributed by atoms with Crippen molar-refractivity contribution in [1.82, 2.24) is 19.4 Å². The molecule has 1 aliphatic heterocycles. The Labute approximate surface area is 118 Å². The molecule has 0 radical (unpaired) electrons. The Morgan fingerprint density at radius 1 is 1.35 bits per heavy atom. The summed E-state index contributed by atoms with van der Waals surface area (Å²) in [5, 5.41) is 0. The van der Waals surface area contributed by atoms with E-state index < -0.39 is 0 Å². The van der Waals surface area contributed by atoms with Crippen molar-refractivity contribution in [1.29, 1.82) is 0 Å². The van der Waals surface area contributed by atoms with E-state index in [4.69, 9.17) is 0 Å². The lowest BCUT2D eigenvalue weighted by Gasteiger charge is -2.16. The third-order valence-corrected chi connectivity index (χ3v) is 3.74. The Kier molecular flexibility index (Phi) is 3.76. The summed E-state index contributed by atoms with van der Waals surface area (Å²) in [5.74, 6) is 0.697. The molecule has 1 unspecified atom stereocenters. The maximum Gasteiger partial charge on any atom is 0.242 e. The molecule has 1 aliphatic rings. The number of rotatable bonds is 4. The molecule has 2 aromatic heterocycles. The van der Waals surface area contributed by atoms with Gasteiger partial charge in [0, 0.05) is 37.4 Å². The Balaban J connectivity index is 1.53. The molecule has 1 fully saturated rings.